The molecule has 0 spiro atoms. The molecule has 0 fully saturated rings. The molecule has 0 aromatic rings. The van der Waals surface area contributed by atoms with Crippen molar-refractivity contribution < 1.29 is 3.79 Å². The van der Waals surface area contributed by atoms with Gasteiger partial charge in [-0.2, -0.15) is 0 Å². The van der Waals surface area contributed by atoms with Crippen LogP contribution in [0.2, 0.25) is 5.28 Å². The number of hydrogen-bond donors (Lipinski definition) is 0. The first-order valence-electron chi connectivity index (χ1n) is 2.49. The number of rotatable bonds is 3. The molecule has 0 atom stereocenters. The Morgan fingerprint density at radius 3 is 2.33 bits per heavy atom. The second-order valence-electron chi connectivity index (χ2n) is 1.20. The second kappa shape index (κ2) is 5.49. The first-order chi connectivity index (χ1) is 2.91. The highest BCUT2D eigenvalue weighted by Gasteiger charge is 1.82. The lowest BCUT2D eigenvalue weighted by atomic mass is 10.9. The maximum atomic E-state index is 5.12. The smallest absolute Gasteiger partial charge is 0.435 e. The summed E-state index contributed by atoms with van der Waals surface area (Å²) in [6, 6.07) is 0. The Morgan fingerprint density at radius 2 is 2.17 bits per heavy atom. The molecule has 36 valence electrons. The standard InChI is InChI=1S/C2H5O.C2H5.Al.H/c1-2-3;1-2;;/h2H2,1H3;1H2,2H3;;/q-1;;+1;. The third kappa shape index (κ3) is 4.49. The van der Waals surface area contributed by atoms with Crippen LogP contribution < -0.4 is 0 Å². The van der Waals surface area contributed by atoms with E-state index in [1.54, 1.807) is 0 Å². The van der Waals surface area contributed by atoms with Crippen molar-refractivity contribution in [1.82, 2.24) is 0 Å². The Kier molecular flexibility index (Phi) is 5.94. The Bertz CT molecular complexity index is 19.5. The van der Waals surface area contributed by atoms with Crippen LogP contribution in [0, 0.1) is 0 Å². The van der Waals surface area contributed by atoms with Gasteiger partial charge in [-0.15, -0.1) is 0 Å². The average Bonchev–Trinajstić information content (AvgIpc) is 1.61. The number of hydrogen-bond acceptors (Lipinski definition) is 1. The van der Waals surface area contributed by atoms with Gasteiger partial charge in [-0.1, -0.05) is 12.2 Å². The van der Waals surface area contributed by atoms with E-state index >= 15 is 0 Å². The Balaban J connectivity index is 2.34. The van der Waals surface area contributed by atoms with Gasteiger partial charge >= 0.3 is 15.6 Å². The van der Waals surface area contributed by atoms with Gasteiger partial charge in [-0.3, -0.25) is 0 Å². The van der Waals surface area contributed by atoms with E-state index in [1.165, 1.54) is 5.28 Å². The van der Waals surface area contributed by atoms with Crippen molar-refractivity contribution in [2.24, 2.45) is 0 Å². The highest BCUT2D eigenvalue weighted by atomic mass is 27.1. The van der Waals surface area contributed by atoms with Crippen LogP contribution in [0.3, 0.4) is 0 Å². The van der Waals surface area contributed by atoms with Gasteiger partial charge in [-0.25, -0.2) is 0 Å². The molecule has 0 aliphatic heterocycles. The molecule has 2 heteroatoms. The zero-order chi connectivity index (χ0) is 4.83. The molecule has 0 N–H and O–H groups in total. The zero-order valence-corrected chi connectivity index (χ0v) is 5.94. The van der Waals surface area contributed by atoms with E-state index in [4.69, 9.17) is 3.79 Å². The second-order valence-corrected chi connectivity index (χ2v) is 3.01. The van der Waals surface area contributed by atoms with Gasteiger partial charge in [0.1, 0.15) is 0 Å². The lowest BCUT2D eigenvalue weighted by Crippen LogP contribution is -1.93. The van der Waals surface area contributed by atoms with Gasteiger partial charge in [0.2, 0.25) is 0 Å². The third-order valence-corrected chi connectivity index (χ3v) is 1.66. The zero-order valence-electron chi connectivity index (χ0n) is 4.53. The Hall–Kier alpha value is 0.492. The highest BCUT2D eigenvalue weighted by molar-refractivity contribution is 6.26. The van der Waals surface area contributed by atoms with Crippen molar-refractivity contribution in [1.29, 1.82) is 0 Å². The molecule has 0 rings (SSSR count). The largest absolute Gasteiger partial charge is 0.503 e. The molecule has 0 aliphatic rings. The molecule has 0 saturated carbocycles. The van der Waals surface area contributed by atoms with Crippen molar-refractivity contribution in [2.75, 3.05) is 6.61 Å². The van der Waals surface area contributed by atoms with Crippen molar-refractivity contribution in [3.63, 3.8) is 0 Å². The van der Waals surface area contributed by atoms with Crippen LogP contribution in [0.4, 0.5) is 0 Å². The van der Waals surface area contributed by atoms with Gasteiger partial charge in [0.05, 0.1) is 0 Å². The van der Waals surface area contributed by atoms with Gasteiger partial charge in [0.15, 0.2) is 0 Å². The van der Waals surface area contributed by atoms with Crippen molar-refractivity contribution in [3.8, 4) is 0 Å². The molecule has 0 aromatic heterocycles. The maximum absolute atomic E-state index is 5.12. The lowest BCUT2D eigenvalue weighted by molar-refractivity contribution is 0.361. The van der Waals surface area contributed by atoms with E-state index in [0.29, 0.717) is 0 Å². The van der Waals surface area contributed by atoms with Crippen LogP contribution in [0.1, 0.15) is 13.8 Å². The topological polar surface area (TPSA) is 9.23 Å². The van der Waals surface area contributed by atoms with Crippen molar-refractivity contribution in [3.05, 3.63) is 0 Å². The van der Waals surface area contributed by atoms with Crippen LogP contribution in [0.5, 0.6) is 0 Å². The molecule has 0 amide bonds. The first kappa shape index (κ1) is 6.49. The average molecular weight is 102 g/mol. The highest BCUT2D eigenvalue weighted by Crippen LogP contribution is 1.73. The van der Waals surface area contributed by atoms with Crippen LogP contribution >= 0.6 is 0 Å². The van der Waals surface area contributed by atoms with Gasteiger partial charge in [0.25, 0.3) is 0 Å². The molecule has 6 heavy (non-hydrogen) atoms. The molecular weight excluding hydrogens is 91.0 g/mol. The fourth-order valence-electron chi connectivity index (χ4n) is 0.289. The minimum absolute atomic E-state index is 0.0783. The summed E-state index contributed by atoms with van der Waals surface area (Å²) < 4.78 is 5.12. The normalized spacial score (nSPS) is 8.33. The molecule has 1 nitrogen and oxygen atoms in total. The predicted octanol–water partition coefficient (Wildman–Crippen LogP) is 0.813. The monoisotopic (exact) mass is 102 g/mol. The van der Waals surface area contributed by atoms with Crippen LogP contribution in [-0.4, -0.2) is 22.2 Å². The van der Waals surface area contributed by atoms with Gasteiger partial charge in [0, 0.05) is 6.61 Å². The van der Waals surface area contributed by atoms with Gasteiger partial charge in [-0.05, 0) is 6.92 Å². The SMILES string of the molecule is CC[O][AlH][CH2]C. The van der Waals surface area contributed by atoms with Crippen LogP contribution in [0.25, 0.3) is 0 Å². The molecule has 0 aromatic carbocycles. The summed E-state index contributed by atoms with van der Waals surface area (Å²) in [6.07, 6.45) is 0. The predicted molar refractivity (Wildman–Crippen MR) is 29.3 cm³/mol. The van der Waals surface area contributed by atoms with Crippen LogP contribution in [-0.2, 0) is 3.79 Å². The molecular formula is C4H11AlO. The summed E-state index contributed by atoms with van der Waals surface area (Å²) in [7, 11) is 0. The fraction of sp³-hybridized carbons (Fsp3) is 1.00. The molecule has 0 bridgehead atoms. The summed E-state index contributed by atoms with van der Waals surface area (Å²) in [4.78, 5) is 0. The molecule has 0 heterocycles. The van der Waals surface area contributed by atoms with Crippen molar-refractivity contribution in [2.45, 2.75) is 19.1 Å². The summed E-state index contributed by atoms with van der Waals surface area (Å²) in [5.41, 5.74) is 0. The molecule has 0 radical (unpaired) electrons. The molecule has 0 saturated heterocycles. The van der Waals surface area contributed by atoms with E-state index < -0.39 is 0 Å². The van der Waals surface area contributed by atoms with Crippen molar-refractivity contribution >= 4 is 15.6 Å². The minimum Gasteiger partial charge on any atom is -0.503 e. The van der Waals surface area contributed by atoms with E-state index in [-0.39, 0.29) is 15.6 Å². The quantitative estimate of drug-likeness (QED) is 0.378. The minimum atomic E-state index is -0.0783. The third-order valence-electron chi connectivity index (χ3n) is 0.553. The van der Waals surface area contributed by atoms with Crippen LogP contribution in [0.15, 0.2) is 0 Å². The Morgan fingerprint density at radius 1 is 1.50 bits per heavy atom. The molecule has 0 aliphatic carbocycles. The Labute approximate surface area is 45.7 Å². The lowest BCUT2D eigenvalue weighted by Gasteiger charge is -1.89. The molecule has 0 unspecified atom stereocenters. The fourth-order valence-corrected chi connectivity index (χ4v) is 0.866. The van der Waals surface area contributed by atoms with Gasteiger partial charge < -0.3 is 3.79 Å². The van der Waals surface area contributed by atoms with E-state index in [0.717, 1.165) is 6.61 Å². The summed E-state index contributed by atoms with van der Waals surface area (Å²) >= 11 is -0.0783. The summed E-state index contributed by atoms with van der Waals surface area (Å²) in [6.45, 7) is 5.13. The first-order valence-corrected chi connectivity index (χ1v) is 4.07. The van der Waals surface area contributed by atoms with E-state index in [9.17, 15) is 0 Å². The van der Waals surface area contributed by atoms with E-state index in [2.05, 4.69) is 6.92 Å². The summed E-state index contributed by atoms with van der Waals surface area (Å²) in [5.74, 6) is 0. The summed E-state index contributed by atoms with van der Waals surface area (Å²) in [5, 5.41) is 1.27. The van der Waals surface area contributed by atoms with E-state index in [1.807, 2.05) is 6.92 Å². The maximum Gasteiger partial charge on any atom is 0.435 e.